The quantitative estimate of drug-likeness (QED) is 0.543. The summed E-state index contributed by atoms with van der Waals surface area (Å²) in [4.78, 5) is 47.0. The average Bonchev–Trinajstić information content (AvgIpc) is 2.75. The van der Waals surface area contributed by atoms with Crippen LogP contribution in [0.4, 0.5) is 4.79 Å². The van der Waals surface area contributed by atoms with Crippen LogP contribution in [0.15, 0.2) is 60.7 Å². The smallest absolute Gasteiger partial charge is 0.408 e. The first-order chi connectivity index (χ1) is 14.4. The fraction of sp³-hybridized carbons (Fsp3) is 0.273. The van der Waals surface area contributed by atoms with Gasteiger partial charge in [-0.25, -0.2) is 4.79 Å². The maximum atomic E-state index is 12.3. The summed E-state index contributed by atoms with van der Waals surface area (Å²) in [5, 5.41) is 11.2. The van der Waals surface area contributed by atoms with E-state index >= 15 is 0 Å². The summed E-state index contributed by atoms with van der Waals surface area (Å²) in [6.45, 7) is -0.667. The second-order valence-corrected chi connectivity index (χ2v) is 6.47. The Morgan fingerprint density at radius 3 is 2.07 bits per heavy atom. The number of hydrogen-bond acceptors (Lipinski definition) is 6. The van der Waals surface area contributed by atoms with Crippen molar-refractivity contribution >= 4 is 23.8 Å². The number of ketones is 1. The number of hydrogen-bond donors (Lipinski definition) is 2. The van der Waals surface area contributed by atoms with Gasteiger partial charge in [0.15, 0.2) is 12.4 Å². The zero-order valence-electron chi connectivity index (χ0n) is 16.3. The van der Waals surface area contributed by atoms with Crippen molar-refractivity contribution in [2.24, 2.45) is 0 Å². The number of benzene rings is 2. The number of rotatable bonds is 11. The molecule has 2 aromatic rings. The first-order valence-corrected chi connectivity index (χ1v) is 9.35. The molecule has 0 fully saturated rings. The molecular formula is C22H23NO7. The van der Waals surface area contributed by atoms with Crippen LogP contribution in [0.2, 0.25) is 0 Å². The lowest BCUT2D eigenvalue weighted by atomic mass is 10.1. The number of aryl methyl sites for hydroxylation is 1. The normalized spacial score (nSPS) is 11.2. The van der Waals surface area contributed by atoms with Crippen LogP contribution in [0, 0.1) is 0 Å². The SMILES string of the molecule is O=C(O)CC(NC(=O)OCc1ccccc1)C(=O)COC(=O)CCc1ccccc1. The van der Waals surface area contributed by atoms with E-state index in [1.165, 1.54) is 0 Å². The van der Waals surface area contributed by atoms with Gasteiger partial charge in [0.25, 0.3) is 0 Å². The highest BCUT2D eigenvalue weighted by Gasteiger charge is 2.25. The zero-order valence-corrected chi connectivity index (χ0v) is 16.3. The minimum absolute atomic E-state index is 0.0326. The number of esters is 1. The Morgan fingerprint density at radius 1 is 0.867 bits per heavy atom. The van der Waals surface area contributed by atoms with Gasteiger partial charge in [-0.05, 0) is 17.5 Å². The average molecular weight is 413 g/mol. The predicted molar refractivity (Wildman–Crippen MR) is 107 cm³/mol. The highest BCUT2D eigenvalue weighted by molar-refractivity contribution is 5.92. The summed E-state index contributed by atoms with van der Waals surface area (Å²) < 4.78 is 9.93. The van der Waals surface area contributed by atoms with Crippen molar-refractivity contribution in [3.05, 3.63) is 71.8 Å². The first kappa shape index (κ1) is 22.6. The number of aliphatic carboxylic acids is 1. The minimum atomic E-state index is -1.37. The van der Waals surface area contributed by atoms with Crippen LogP contribution in [0.1, 0.15) is 24.0 Å². The van der Waals surface area contributed by atoms with Crippen LogP contribution in [-0.2, 0) is 36.9 Å². The lowest BCUT2D eigenvalue weighted by Crippen LogP contribution is -2.44. The Balaban J connectivity index is 1.79. The van der Waals surface area contributed by atoms with Crippen molar-refractivity contribution in [3.63, 3.8) is 0 Å². The number of Topliss-reactive ketones (excluding diaryl/α,β-unsaturated/α-hetero) is 1. The zero-order chi connectivity index (χ0) is 21.8. The molecule has 8 nitrogen and oxygen atoms in total. The Labute approximate surface area is 173 Å². The van der Waals surface area contributed by atoms with E-state index in [4.69, 9.17) is 14.6 Å². The Kier molecular flexibility index (Phi) is 9.05. The second-order valence-electron chi connectivity index (χ2n) is 6.47. The van der Waals surface area contributed by atoms with Gasteiger partial charge >= 0.3 is 18.0 Å². The molecule has 0 aliphatic rings. The van der Waals surface area contributed by atoms with E-state index in [1.54, 1.807) is 24.3 Å². The number of carboxylic acids is 1. The highest BCUT2D eigenvalue weighted by atomic mass is 16.5. The fourth-order valence-electron chi connectivity index (χ4n) is 2.54. The molecule has 0 spiro atoms. The van der Waals surface area contributed by atoms with Crippen molar-refractivity contribution in [2.45, 2.75) is 31.9 Å². The molecule has 0 aliphatic carbocycles. The van der Waals surface area contributed by atoms with Gasteiger partial charge in [0.1, 0.15) is 12.6 Å². The van der Waals surface area contributed by atoms with Crippen molar-refractivity contribution in [2.75, 3.05) is 6.61 Å². The molecule has 0 aromatic heterocycles. The third-order valence-corrected chi connectivity index (χ3v) is 4.11. The Hall–Kier alpha value is -3.68. The number of alkyl carbamates (subject to hydrolysis) is 1. The van der Waals surface area contributed by atoms with Gasteiger partial charge in [0.2, 0.25) is 0 Å². The summed E-state index contributed by atoms with van der Waals surface area (Å²) in [5.41, 5.74) is 1.69. The molecule has 2 aromatic carbocycles. The van der Waals surface area contributed by atoms with Crippen LogP contribution in [0.3, 0.4) is 0 Å². The van der Waals surface area contributed by atoms with Crippen molar-refractivity contribution in [3.8, 4) is 0 Å². The van der Waals surface area contributed by atoms with Crippen molar-refractivity contribution in [1.29, 1.82) is 0 Å². The van der Waals surface area contributed by atoms with Crippen LogP contribution in [-0.4, -0.2) is 41.6 Å². The number of carbonyl (C=O) groups is 4. The maximum absolute atomic E-state index is 12.3. The van der Waals surface area contributed by atoms with Crippen LogP contribution in [0.25, 0.3) is 0 Å². The number of amides is 1. The summed E-state index contributed by atoms with van der Waals surface area (Å²) in [7, 11) is 0. The molecular weight excluding hydrogens is 390 g/mol. The van der Waals surface area contributed by atoms with Crippen LogP contribution in [0.5, 0.6) is 0 Å². The second kappa shape index (κ2) is 12.0. The predicted octanol–water partition coefficient (Wildman–Crippen LogP) is 2.50. The summed E-state index contributed by atoms with van der Waals surface area (Å²) >= 11 is 0. The van der Waals surface area contributed by atoms with Gasteiger partial charge in [-0.15, -0.1) is 0 Å². The largest absolute Gasteiger partial charge is 0.481 e. The van der Waals surface area contributed by atoms with Gasteiger partial charge in [-0.1, -0.05) is 60.7 Å². The maximum Gasteiger partial charge on any atom is 0.408 e. The van der Waals surface area contributed by atoms with Gasteiger partial charge in [0.05, 0.1) is 6.42 Å². The van der Waals surface area contributed by atoms with Gasteiger partial charge in [-0.3, -0.25) is 14.4 Å². The molecule has 8 heteroatoms. The standard InChI is InChI=1S/C22H23NO7/c24-19(15-29-21(27)12-11-16-7-3-1-4-8-16)18(13-20(25)26)23-22(28)30-14-17-9-5-2-6-10-17/h1-10,18H,11-15H2,(H,23,28)(H,25,26). The third-order valence-electron chi connectivity index (χ3n) is 4.11. The molecule has 1 amide bonds. The molecule has 158 valence electrons. The molecule has 2 N–H and O–H groups in total. The first-order valence-electron chi connectivity index (χ1n) is 9.35. The lowest BCUT2D eigenvalue weighted by molar-refractivity contribution is -0.149. The topological polar surface area (TPSA) is 119 Å². The number of carboxylic acid groups (broad SMARTS) is 1. The highest BCUT2D eigenvalue weighted by Crippen LogP contribution is 2.05. The molecule has 0 saturated heterocycles. The summed E-state index contributed by atoms with van der Waals surface area (Å²) in [6, 6.07) is 16.8. The fourth-order valence-corrected chi connectivity index (χ4v) is 2.54. The Bertz CT molecular complexity index is 852. The molecule has 0 bridgehead atoms. The minimum Gasteiger partial charge on any atom is -0.481 e. The molecule has 0 heterocycles. The Morgan fingerprint density at radius 2 is 1.47 bits per heavy atom. The van der Waals surface area contributed by atoms with Gasteiger partial charge in [0, 0.05) is 6.42 Å². The molecule has 1 atom stereocenters. The number of nitrogens with one attached hydrogen (secondary N) is 1. The third kappa shape index (κ3) is 8.55. The van der Waals surface area contributed by atoms with E-state index in [0.717, 1.165) is 11.1 Å². The van der Waals surface area contributed by atoms with Gasteiger partial charge in [-0.2, -0.15) is 0 Å². The lowest BCUT2D eigenvalue weighted by Gasteiger charge is -2.16. The summed E-state index contributed by atoms with van der Waals surface area (Å²) in [6.07, 6.45) is -1.06. The van der Waals surface area contributed by atoms with E-state index in [2.05, 4.69) is 5.32 Å². The van der Waals surface area contributed by atoms with E-state index in [9.17, 15) is 19.2 Å². The van der Waals surface area contributed by atoms with Crippen LogP contribution >= 0.6 is 0 Å². The monoisotopic (exact) mass is 413 g/mol. The molecule has 0 saturated carbocycles. The molecule has 0 aliphatic heterocycles. The molecule has 30 heavy (non-hydrogen) atoms. The van der Waals surface area contributed by atoms with E-state index < -0.39 is 42.9 Å². The van der Waals surface area contributed by atoms with Crippen molar-refractivity contribution in [1.82, 2.24) is 5.32 Å². The number of carbonyl (C=O) groups excluding carboxylic acids is 3. The summed E-state index contributed by atoms with van der Waals surface area (Å²) in [5.74, 6) is -2.61. The molecule has 1 unspecified atom stereocenters. The van der Waals surface area contributed by atoms with E-state index in [-0.39, 0.29) is 13.0 Å². The van der Waals surface area contributed by atoms with Crippen LogP contribution < -0.4 is 5.32 Å². The van der Waals surface area contributed by atoms with Crippen molar-refractivity contribution < 1.29 is 33.8 Å². The van der Waals surface area contributed by atoms with E-state index in [0.29, 0.717) is 6.42 Å². The van der Waals surface area contributed by atoms with E-state index in [1.807, 2.05) is 36.4 Å². The molecule has 0 radical (unpaired) electrons. The number of ether oxygens (including phenoxy) is 2. The molecule has 2 rings (SSSR count). The van der Waals surface area contributed by atoms with Gasteiger partial charge < -0.3 is 19.9 Å².